The Bertz CT molecular complexity index is 374. The lowest BCUT2D eigenvalue weighted by Gasteiger charge is -2.41. The van der Waals surface area contributed by atoms with Crippen LogP contribution in [0.15, 0.2) is 0 Å². The van der Waals surface area contributed by atoms with Gasteiger partial charge in [0.25, 0.3) is 0 Å². The summed E-state index contributed by atoms with van der Waals surface area (Å²) in [6, 6.07) is -0.828. The molecule has 1 aliphatic carbocycles. The molecule has 3 unspecified atom stereocenters. The summed E-state index contributed by atoms with van der Waals surface area (Å²) in [4.78, 5) is 27.0. The zero-order valence-corrected chi connectivity index (χ0v) is 12.2. The lowest BCUT2D eigenvalue weighted by Crippen LogP contribution is -2.58. The molecule has 20 heavy (non-hydrogen) atoms. The van der Waals surface area contributed by atoms with Crippen LogP contribution in [0, 0.1) is 5.92 Å². The number of morpholine rings is 1. The molecule has 1 N–H and O–H groups in total. The van der Waals surface area contributed by atoms with Crippen LogP contribution >= 0.6 is 0 Å². The van der Waals surface area contributed by atoms with Gasteiger partial charge in [-0.3, -0.25) is 0 Å². The predicted octanol–water partition coefficient (Wildman–Crippen LogP) is 1.40. The number of carboxylic acid groups (broad SMARTS) is 1. The fourth-order valence-electron chi connectivity index (χ4n) is 3.25. The van der Waals surface area contributed by atoms with E-state index in [4.69, 9.17) is 4.74 Å². The summed E-state index contributed by atoms with van der Waals surface area (Å²) in [6.07, 6.45) is 4.49. The average Bonchev–Trinajstić information content (AvgIpc) is 2.46. The molecule has 6 heteroatoms. The SMILES string of the molecule is CC1CCCCC1N(C)C(=O)N1CCOCC1C(=O)O. The van der Waals surface area contributed by atoms with Gasteiger partial charge in [-0.05, 0) is 18.8 Å². The molecule has 0 bridgehead atoms. The van der Waals surface area contributed by atoms with Crippen LogP contribution in [0.25, 0.3) is 0 Å². The van der Waals surface area contributed by atoms with Crippen LogP contribution in [0.2, 0.25) is 0 Å². The molecule has 0 radical (unpaired) electrons. The van der Waals surface area contributed by atoms with Gasteiger partial charge < -0.3 is 19.6 Å². The molecule has 114 valence electrons. The Kier molecular flexibility index (Phi) is 4.86. The molecule has 0 aromatic rings. The van der Waals surface area contributed by atoms with Crippen molar-refractivity contribution in [2.75, 3.05) is 26.8 Å². The highest BCUT2D eigenvalue weighted by Crippen LogP contribution is 2.28. The minimum absolute atomic E-state index is 0.0785. The fraction of sp³-hybridized carbons (Fsp3) is 0.857. The Morgan fingerprint density at radius 3 is 2.65 bits per heavy atom. The third kappa shape index (κ3) is 3.06. The average molecular weight is 284 g/mol. The maximum absolute atomic E-state index is 12.6. The number of hydrogen-bond donors (Lipinski definition) is 1. The van der Waals surface area contributed by atoms with Crippen LogP contribution in [-0.4, -0.2) is 65.8 Å². The van der Waals surface area contributed by atoms with Crippen LogP contribution < -0.4 is 0 Å². The van der Waals surface area contributed by atoms with E-state index in [1.165, 1.54) is 11.3 Å². The molecular formula is C14H24N2O4. The second kappa shape index (κ2) is 6.43. The molecule has 1 heterocycles. The topological polar surface area (TPSA) is 70.1 Å². The number of carbonyl (C=O) groups is 2. The highest BCUT2D eigenvalue weighted by molar-refractivity contribution is 5.83. The second-order valence-corrected chi connectivity index (χ2v) is 5.84. The van der Waals surface area contributed by atoms with Crippen molar-refractivity contribution in [1.29, 1.82) is 0 Å². The van der Waals surface area contributed by atoms with E-state index in [2.05, 4.69) is 6.92 Å². The van der Waals surface area contributed by atoms with Gasteiger partial charge in [0, 0.05) is 19.6 Å². The highest BCUT2D eigenvalue weighted by Gasteiger charge is 2.37. The van der Waals surface area contributed by atoms with Crippen LogP contribution in [0.5, 0.6) is 0 Å². The number of rotatable bonds is 2. The normalized spacial score (nSPS) is 30.9. The summed E-state index contributed by atoms with van der Waals surface area (Å²) in [5.74, 6) is -0.523. The number of carbonyl (C=O) groups excluding carboxylic acids is 1. The number of carboxylic acids is 1. The Balaban J connectivity index is 2.06. The third-order valence-electron chi connectivity index (χ3n) is 4.52. The van der Waals surface area contributed by atoms with Crippen molar-refractivity contribution in [2.45, 2.75) is 44.7 Å². The van der Waals surface area contributed by atoms with Crippen molar-refractivity contribution in [1.82, 2.24) is 9.80 Å². The zero-order valence-electron chi connectivity index (χ0n) is 12.2. The molecule has 2 fully saturated rings. The van der Waals surface area contributed by atoms with E-state index in [0.717, 1.165) is 19.3 Å². The van der Waals surface area contributed by atoms with Gasteiger partial charge in [-0.15, -0.1) is 0 Å². The van der Waals surface area contributed by atoms with E-state index in [1.807, 2.05) is 0 Å². The minimum Gasteiger partial charge on any atom is -0.480 e. The van der Waals surface area contributed by atoms with E-state index < -0.39 is 12.0 Å². The quantitative estimate of drug-likeness (QED) is 0.832. The highest BCUT2D eigenvalue weighted by atomic mass is 16.5. The van der Waals surface area contributed by atoms with E-state index in [9.17, 15) is 14.7 Å². The van der Waals surface area contributed by atoms with E-state index in [1.54, 1.807) is 11.9 Å². The lowest BCUT2D eigenvalue weighted by atomic mass is 9.85. The van der Waals surface area contributed by atoms with Crippen molar-refractivity contribution in [3.8, 4) is 0 Å². The summed E-state index contributed by atoms with van der Waals surface area (Å²) in [5, 5.41) is 9.21. The van der Waals surface area contributed by atoms with E-state index in [0.29, 0.717) is 19.1 Å². The summed E-state index contributed by atoms with van der Waals surface area (Å²) < 4.78 is 5.18. The smallest absolute Gasteiger partial charge is 0.328 e. The van der Waals surface area contributed by atoms with Gasteiger partial charge in [0.1, 0.15) is 0 Å². The van der Waals surface area contributed by atoms with E-state index >= 15 is 0 Å². The number of amides is 2. The van der Waals surface area contributed by atoms with Gasteiger partial charge in [-0.2, -0.15) is 0 Å². The van der Waals surface area contributed by atoms with Crippen LogP contribution in [0.4, 0.5) is 4.79 Å². The summed E-state index contributed by atoms with van der Waals surface area (Å²) >= 11 is 0. The molecule has 3 atom stereocenters. The van der Waals surface area contributed by atoms with Crippen molar-refractivity contribution in [3.05, 3.63) is 0 Å². The van der Waals surface area contributed by atoms with Crippen molar-refractivity contribution in [3.63, 3.8) is 0 Å². The van der Waals surface area contributed by atoms with Crippen molar-refractivity contribution < 1.29 is 19.4 Å². The maximum Gasteiger partial charge on any atom is 0.328 e. The van der Waals surface area contributed by atoms with Gasteiger partial charge >= 0.3 is 12.0 Å². The van der Waals surface area contributed by atoms with Crippen molar-refractivity contribution >= 4 is 12.0 Å². The first-order valence-electron chi connectivity index (χ1n) is 7.36. The van der Waals surface area contributed by atoms with Crippen LogP contribution in [0.1, 0.15) is 32.6 Å². The first kappa shape index (κ1) is 15.1. The summed E-state index contributed by atoms with van der Waals surface area (Å²) in [7, 11) is 1.79. The fourth-order valence-corrected chi connectivity index (χ4v) is 3.25. The zero-order chi connectivity index (χ0) is 14.7. The number of hydrogen-bond acceptors (Lipinski definition) is 3. The molecule has 1 aliphatic heterocycles. The molecule has 6 nitrogen and oxygen atoms in total. The monoisotopic (exact) mass is 284 g/mol. The Morgan fingerprint density at radius 2 is 2.00 bits per heavy atom. The van der Waals surface area contributed by atoms with Gasteiger partial charge in [-0.1, -0.05) is 19.8 Å². The van der Waals surface area contributed by atoms with E-state index in [-0.39, 0.29) is 18.7 Å². The van der Waals surface area contributed by atoms with Gasteiger partial charge in [-0.25, -0.2) is 9.59 Å². The molecular weight excluding hydrogens is 260 g/mol. The maximum atomic E-state index is 12.6. The molecule has 1 saturated heterocycles. The Labute approximate surface area is 119 Å². The third-order valence-corrected chi connectivity index (χ3v) is 4.52. The number of urea groups is 1. The molecule has 0 aromatic heterocycles. The van der Waals surface area contributed by atoms with Crippen LogP contribution in [-0.2, 0) is 9.53 Å². The molecule has 1 saturated carbocycles. The van der Waals surface area contributed by atoms with Crippen molar-refractivity contribution in [2.24, 2.45) is 5.92 Å². The Morgan fingerprint density at radius 1 is 1.30 bits per heavy atom. The predicted molar refractivity (Wildman–Crippen MR) is 73.5 cm³/mol. The standard InChI is InChI=1S/C14H24N2O4/c1-10-5-3-4-6-11(10)15(2)14(19)16-7-8-20-9-12(16)13(17)18/h10-12H,3-9H2,1-2H3,(H,17,18). The molecule has 2 amide bonds. The largest absolute Gasteiger partial charge is 0.480 e. The first-order chi connectivity index (χ1) is 9.52. The molecule has 2 aliphatic rings. The summed E-state index contributed by atoms with van der Waals surface area (Å²) in [6.45, 7) is 3.00. The van der Waals surface area contributed by atoms with Gasteiger partial charge in [0.05, 0.1) is 13.2 Å². The second-order valence-electron chi connectivity index (χ2n) is 5.84. The number of nitrogens with zero attached hydrogens (tertiary/aromatic N) is 2. The number of ether oxygens (including phenoxy) is 1. The summed E-state index contributed by atoms with van der Waals surface area (Å²) in [5.41, 5.74) is 0. The van der Waals surface area contributed by atoms with Gasteiger partial charge in [0.2, 0.25) is 0 Å². The van der Waals surface area contributed by atoms with Crippen LogP contribution in [0.3, 0.4) is 0 Å². The lowest BCUT2D eigenvalue weighted by molar-refractivity contribution is -0.147. The minimum atomic E-state index is -0.997. The Hall–Kier alpha value is -1.30. The number of aliphatic carboxylic acids is 1. The molecule has 0 spiro atoms. The molecule has 2 rings (SSSR count). The first-order valence-corrected chi connectivity index (χ1v) is 7.36. The molecule has 0 aromatic carbocycles. The van der Waals surface area contributed by atoms with Gasteiger partial charge in [0.15, 0.2) is 6.04 Å².